The number of nitrogens with one attached hydrogen (secondary N) is 1. The summed E-state index contributed by atoms with van der Waals surface area (Å²) in [6, 6.07) is 2.05. The Labute approximate surface area is 131 Å². The summed E-state index contributed by atoms with van der Waals surface area (Å²) in [4.78, 5) is 15.7. The lowest BCUT2D eigenvalue weighted by Gasteiger charge is -2.37. The third-order valence-electron chi connectivity index (χ3n) is 4.55. The normalized spacial score (nSPS) is 27.3. The van der Waals surface area contributed by atoms with Crippen molar-refractivity contribution in [1.82, 2.24) is 19.8 Å². The van der Waals surface area contributed by atoms with Gasteiger partial charge in [-0.15, -0.1) is 0 Å². The minimum absolute atomic E-state index is 0.181. The predicted molar refractivity (Wildman–Crippen MR) is 87.3 cm³/mol. The fourth-order valence-electron chi connectivity index (χ4n) is 3.23. The molecule has 0 saturated carbocycles. The number of hydrogen-bond donors (Lipinski definition) is 2. The van der Waals surface area contributed by atoms with Gasteiger partial charge in [0.15, 0.2) is 0 Å². The molecule has 0 unspecified atom stereocenters. The molecule has 2 aliphatic heterocycles. The number of aliphatic hydroxyl groups excluding tert-OH is 1. The van der Waals surface area contributed by atoms with Crippen molar-refractivity contribution in [1.29, 1.82) is 0 Å². The van der Waals surface area contributed by atoms with Gasteiger partial charge in [0.05, 0.1) is 12.1 Å². The minimum atomic E-state index is -0.338. The molecule has 7 nitrogen and oxygen atoms in total. The maximum absolute atomic E-state index is 10.4. The van der Waals surface area contributed by atoms with Crippen molar-refractivity contribution in [3.63, 3.8) is 0 Å². The minimum Gasteiger partial charge on any atom is -0.390 e. The Balaban J connectivity index is 1.66. The van der Waals surface area contributed by atoms with Gasteiger partial charge in [-0.05, 0) is 20.0 Å². The van der Waals surface area contributed by atoms with E-state index in [-0.39, 0.29) is 12.1 Å². The van der Waals surface area contributed by atoms with E-state index in [1.807, 2.05) is 13.0 Å². The number of nitrogens with zero attached hydrogens (tertiary/aromatic N) is 5. The van der Waals surface area contributed by atoms with Gasteiger partial charge >= 0.3 is 0 Å². The molecule has 2 fully saturated rings. The fraction of sp³-hybridized carbons (Fsp3) is 0.733. The summed E-state index contributed by atoms with van der Waals surface area (Å²) >= 11 is 0. The van der Waals surface area contributed by atoms with E-state index in [9.17, 15) is 5.11 Å². The number of anilines is 2. The smallest absolute Gasteiger partial charge is 0.227 e. The zero-order chi connectivity index (χ0) is 15.5. The second kappa shape index (κ2) is 6.76. The number of rotatable bonds is 4. The Bertz CT molecular complexity index is 491. The summed E-state index contributed by atoms with van der Waals surface area (Å²) in [6.07, 6.45) is 1.44. The number of aliphatic hydroxyl groups is 1. The fourth-order valence-corrected chi connectivity index (χ4v) is 3.23. The Kier molecular flexibility index (Phi) is 4.75. The molecule has 2 N–H and O–H groups in total. The van der Waals surface area contributed by atoms with Gasteiger partial charge in [-0.25, -0.2) is 4.98 Å². The van der Waals surface area contributed by atoms with Crippen molar-refractivity contribution in [2.24, 2.45) is 0 Å². The summed E-state index contributed by atoms with van der Waals surface area (Å²) in [5, 5.41) is 13.6. The van der Waals surface area contributed by atoms with Crippen molar-refractivity contribution in [2.75, 3.05) is 63.1 Å². The molecule has 7 heteroatoms. The first-order chi connectivity index (χ1) is 10.7. The molecule has 0 aromatic carbocycles. The molecule has 22 heavy (non-hydrogen) atoms. The molecule has 2 atom stereocenters. The Morgan fingerprint density at radius 3 is 2.77 bits per heavy atom. The quantitative estimate of drug-likeness (QED) is 0.792. The van der Waals surface area contributed by atoms with Crippen molar-refractivity contribution in [2.45, 2.75) is 19.1 Å². The van der Waals surface area contributed by atoms with E-state index < -0.39 is 0 Å². The first kappa shape index (κ1) is 15.5. The molecule has 1 aromatic rings. The third-order valence-corrected chi connectivity index (χ3v) is 4.55. The number of piperazine rings is 1. The number of hydrogen-bond acceptors (Lipinski definition) is 7. The van der Waals surface area contributed by atoms with Crippen LogP contribution in [0.4, 0.5) is 11.8 Å². The topological polar surface area (TPSA) is 67.8 Å². The highest BCUT2D eigenvalue weighted by molar-refractivity contribution is 5.42. The Morgan fingerprint density at radius 2 is 2.05 bits per heavy atom. The molecule has 3 rings (SSSR count). The summed E-state index contributed by atoms with van der Waals surface area (Å²) in [5.74, 6) is 1.54. The number of aromatic nitrogens is 2. The maximum Gasteiger partial charge on any atom is 0.227 e. The third kappa shape index (κ3) is 3.31. The maximum atomic E-state index is 10.4. The largest absolute Gasteiger partial charge is 0.390 e. The van der Waals surface area contributed by atoms with E-state index >= 15 is 0 Å². The van der Waals surface area contributed by atoms with Crippen molar-refractivity contribution in [3.05, 3.63) is 12.3 Å². The molecule has 2 saturated heterocycles. The molecular formula is C15H26N6O. The summed E-state index contributed by atoms with van der Waals surface area (Å²) in [5.41, 5.74) is 0. The van der Waals surface area contributed by atoms with E-state index in [4.69, 9.17) is 0 Å². The molecule has 3 heterocycles. The molecule has 0 amide bonds. The molecule has 0 spiro atoms. The van der Waals surface area contributed by atoms with Crippen LogP contribution in [0.15, 0.2) is 12.3 Å². The lowest BCUT2D eigenvalue weighted by Crippen LogP contribution is -2.52. The van der Waals surface area contributed by atoms with E-state index in [1.54, 1.807) is 6.20 Å². The van der Waals surface area contributed by atoms with Crippen LogP contribution in [0.2, 0.25) is 0 Å². The van der Waals surface area contributed by atoms with Gasteiger partial charge in [-0.1, -0.05) is 0 Å². The van der Waals surface area contributed by atoms with Gasteiger partial charge in [-0.2, -0.15) is 4.98 Å². The van der Waals surface area contributed by atoms with Crippen LogP contribution in [0.5, 0.6) is 0 Å². The second-order valence-electron chi connectivity index (χ2n) is 6.15. The highest BCUT2D eigenvalue weighted by Crippen LogP contribution is 2.22. The van der Waals surface area contributed by atoms with E-state index in [2.05, 4.69) is 37.0 Å². The molecule has 2 aliphatic rings. The van der Waals surface area contributed by atoms with Crippen LogP contribution in [0.25, 0.3) is 0 Å². The van der Waals surface area contributed by atoms with Crippen LogP contribution in [-0.2, 0) is 0 Å². The Morgan fingerprint density at radius 1 is 1.27 bits per heavy atom. The van der Waals surface area contributed by atoms with Crippen LogP contribution in [-0.4, -0.2) is 89.9 Å². The average Bonchev–Trinajstić information content (AvgIpc) is 2.91. The molecular weight excluding hydrogens is 280 g/mol. The van der Waals surface area contributed by atoms with Crippen LogP contribution in [0, 0.1) is 0 Å². The zero-order valence-corrected chi connectivity index (χ0v) is 13.4. The van der Waals surface area contributed by atoms with Crippen LogP contribution in [0.3, 0.4) is 0 Å². The lowest BCUT2D eigenvalue weighted by atomic mass is 10.1. The van der Waals surface area contributed by atoms with Gasteiger partial charge in [0.2, 0.25) is 5.95 Å². The van der Waals surface area contributed by atoms with Crippen LogP contribution < -0.4 is 10.2 Å². The number of β-amino-alcohol motifs (C(OH)–C–C–N with tert-alkyl or cyclic N) is 1. The highest BCUT2D eigenvalue weighted by Gasteiger charge is 2.37. The van der Waals surface area contributed by atoms with Gasteiger partial charge in [0.25, 0.3) is 0 Å². The second-order valence-corrected chi connectivity index (χ2v) is 6.15. The molecule has 122 valence electrons. The monoisotopic (exact) mass is 306 g/mol. The summed E-state index contributed by atoms with van der Waals surface area (Å²) in [7, 11) is 2.15. The summed E-state index contributed by atoms with van der Waals surface area (Å²) < 4.78 is 0. The zero-order valence-electron chi connectivity index (χ0n) is 13.4. The average molecular weight is 306 g/mol. The molecule has 0 radical (unpaired) electrons. The molecule has 0 aliphatic carbocycles. The first-order valence-electron chi connectivity index (χ1n) is 8.10. The first-order valence-corrected chi connectivity index (χ1v) is 8.10. The van der Waals surface area contributed by atoms with E-state index in [1.165, 1.54) is 0 Å². The SMILES string of the molecule is CCNc1ccnc(N2C[C@H](O)[C@@H](N3CCN(C)CC3)C2)n1. The standard InChI is InChI=1S/C15H26N6O/c1-3-16-14-4-5-17-15(18-14)21-10-12(13(22)11-21)20-8-6-19(2)7-9-20/h4-5,12-13,22H,3,6-11H2,1-2H3,(H,16,17,18)/t12-,13-/m0/s1. The number of likely N-dealkylation sites (N-methyl/N-ethyl adjacent to an activating group) is 1. The Hall–Kier alpha value is -1.44. The van der Waals surface area contributed by atoms with Gasteiger partial charge < -0.3 is 20.2 Å². The van der Waals surface area contributed by atoms with Gasteiger partial charge in [-0.3, -0.25) is 4.90 Å². The van der Waals surface area contributed by atoms with Crippen molar-refractivity contribution >= 4 is 11.8 Å². The van der Waals surface area contributed by atoms with Crippen LogP contribution in [0.1, 0.15) is 6.92 Å². The van der Waals surface area contributed by atoms with Crippen molar-refractivity contribution in [3.8, 4) is 0 Å². The lowest BCUT2D eigenvalue weighted by molar-refractivity contribution is 0.0512. The summed E-state index contributed by atoms with van der Waals surface area (Å²) in [6.45, 7) is 8.45. The predicted octanol–water partition coefficient (Wildman–Crippen LogP) is -0.295. The molecule has 1 aromatic heterocycles. The highest BCUT2D eigenvalue weighted by atomic mass is 16.3. The van der Waals surface area contributed by atoms with E-state index in [0.29, 0.717) is 12.5 Å². The van der Waals surface area contributed by atoms with Gasteiger partial charge in [0, 0.05) is 52.0 Å². The van der Waals surface area contributed by atoms with Gasteiger partial charge in [0.1, 0.15) is 5.82 Å². The van der Waals surface area contributed by atoms with Crippen molar-refractivity contribution < 1.29 is 5.11 Å². The molecule has 0 bridgehead atoms. The van der Waals surface area contributed by atoms with E-state index in [0.717, 1.165) is 45.1 Å². The van der Waals surface area contributed by atoms with Crippen LogP contribution >= 0.6 is 0 Å².